The highest BCUT2D eigenvalue weighted by atomic mass is 16.6. The third kappa shape index (κ3) is 2.06. The summed E-state index contributed by atoms with van der Waals surface area (Å²) in [5.74, 6) is -1.19. The van der Waals surface area contributed by atoms with Crippen LogP contribution in [0.3, 0.4) is 0 Å². The summed E-state index contributed by atoms with van der Waals surface area (Å²) in [5.41, 5.74) is 0.561. The zero-order chi connectivity index (χ0) is 12.6. The van der Waals surface area contributed by atoms with Crippen LogP contribution in [-0.2, 0) is 4.79 Å². The fraction of sp³-hybridized carbons (Fsp3) is 0.364. The first-order valence-corrected chi connectivity index (χ1v) is 5.09. The molecule has 0 saturated heterocycles. The molecule has 6 nitrogen and oxygen atoms in total. The van der Waals surface area contributed by atoms with Crippen LogP contribution in [-0.4, -0.2) is 23.1 Å². The van der Waals surface area contributed by atoms with Crippen molar-refractivity contribution < 1.29 is 19.6 Å². The SMILES string of the molecule is COc1ccc([C@@H]2C[C@H]2C(=O)O)cc1[N+](=O)[O-]. The molecule has 0 radical (unpaired) electrons. The van der Waals surface area contributed by atoms with Crippen LogP contribution in [0.2, 0.25) is 0 Å². The summed E-state index contributed by atoms with van der Waals surface area (Å²) < 4.78 is 4.88. The zero-order valence-corrected chi connectivity index (χ0v) is 9.12. The van der Waals surface area contributed by atoms with Crippen molar-refractivity contribution in [3.05, 3.63) is 33.9 Å². The lowest BCUT2D eigenvalue weighted by Gasteiger charge is -2.04. The molecule has 0 heterocycles. The van der Waals surface area contributed by atoms with Gasteiger partial charge in [0.25, 0.3) is 0 Å². The molecule has 1 saturated carbocycles. The standard InChI is InChI=1S/C11H11NO5/c1-17-10-3-2-6(4-9(10)12(15)16)7-5-8(7)11(13)14/h2-4,7-8H,5H2,1H3,(H,13,14)/t7-,8+/m0/s1. The van der Waals surface area contributed by atoms with E-state index < -0.39 is 16.8 Å². The van der Waals surface area contributed by atoms with Crippen molar-refractivity contribution in [1.82, 2.24) is 0 Å². The Kier molecular flexibility index (Phi) is 2.71. The van der Waals surface area contributed by atoms with Gasteiger partial charge in [0.2, 0.25) is 0 Å². The maximum Gasteiger partial charge on any atom is 0.311 e. The topological polar surface area (TPSA) is 89.7 Å². The number of hydrogen-bond acceptors (Lipinski definition) is 4. The molecule has 1 aromatic rings. The number of rotatable bonds is 4. The summed E-state index contributed by atoms with van der Waals surface area (Å²) in [4.78, 5) is 21.0. The number of nitro groups is 1. The number of hydrogen-bond donors (Lipinski definition) is 1. The average Bonchev–Trinajstić information content (AvgIpc) is 3.08. The van der Waals surface area contributed by atoms with Crippen molar-refractivity contribution in [1.29, 1.82) is 0 Å². The lowest BCUT2D eigenvalue weighted by atomic mass is 10.1. The monoisotopic (exact) mass is 237 g/mol. The van der Waals surface area contributed by atoms with Gasteiger partial charge in [-0.3, -0.25) is 14.9 Å². The van der Waals surface area contributed by atoms with Gasteiger partial charge in [0, 0.05) is 6.07 Å². The van der Waals surface area contributed by atoms with Gasteiger partial charge >= 0.3 is 11.7 Å². The number of carboxylic acids is 1. The first-order chi connectivity index (χ1) is 8.04. The van der Waals surface area contributed by atoms with Crippen LogP contribution in [0.1, 0.15) is 17.9 Å². The Morgan fingerprint density at radius 3 is 2.76 bits per heavy atom. The minimum Gasteiger partial charge on any atom is -0.490 e. The normalized spacial score (nSPS) is 21.9. The minimum atomic E-state index is -0.853. The molecule has 0 amide bonds. The van der Waals surface area contributed by atoms with Gasteiger partial charge in [0.1, 0.15) is 0 Å². The quantitative estimate of drug-likeness (QED) is 0.636. The second kappa shape index (κ2) is 4.04. The molecule has 0 spiro atoms. The van der Waals surface area contributed by atoms with Crippen molar-refractivity contribution in [2.75, 3.05) is 7.11 Å². The molecule has 0 unspecified atom stereocenters. The van der Waals surface area contributed by atoms with Gasteiger partial charge in [0.05, 0.1) is 18.0 Å². The van der Waals surface area contributed by atoms with Crippen LogP contribution in [0.25, 0.3) is 0 Å². The van der Waals surface area contributed by atoms with E-state index in [1.165, 1.54) is 19.2 Å². The number of ether oxygens (including phenoxy) is 1. The van der Waals surface area contributed by atoms with E-state index in [0.29, 0.717) is 12.0 Å². The van der Waals surface area contributed by atoms with Gasteiger partial charge < -0.3 is 9.84 Å². The highest BCUT2D eigenvalue weighted by molar-refractivity contribution is 5.75. The molecule has 1 aliphatic carbocycles. The molecule has 0 aliphatic heterocycles. The third-order valence-electron chi connectivity index (χ3n) is 2.94. The van der Waals surface area contributed by atoms with Crippen LogP contribution in [0.4, 0.5) is 5.69 Å². The molecule has 2 rings (SSSR count). The average molecular weight is 237 g/mol. The van der Waals surface area contributed by atoms with E-state index >= 15 is 0 Å². The molecule has 90 valence electrons. The van der Waals surface area contributed by atoms with E-state index in [0.717, 1.165) is 0 Å². The molecular formula is C11H11NO5. The first-order valence-electron chi connectivity index (χ1n) is 5.09. The zero-order valence-electron chi connectivity index (χ0n) is 9.12. The summed E-state index contributed by atoms with van der Waals surface area (Å²) in [7, 11) is 1.36. The maximum absolute atomic E-state index is 10.8. The van der Waals surface area contributed by atoms with Crippen LogP contribution >= 0.6 is 0 Å². The number of nitrogens with zero attached hydrogens (tertiary/aromatic N) is 1. The van der Waals surface area contributed by atoms with Crippen LogP contribution < -0.4 is 4.74 Å². The smallest absolute Gasteiger partial charge is 0.311 e. The fourth-order valence-corrected chi connectivity index (χ4v) is 1.92. The predicted octanol–water partition coefficient (Wildman–Crippen LogP) is 1.79. The maximum atomic E-state index is 10.8. The molecule has 6 heteroatoms. The summed E-state index contributed by atoms with van der Waals surface area (Å²) in [5, 5.41) is 19.6. The van der Waals surface area contributed by atoms with E-state index in [1.54, 1.807) is 6.07 Å². The Labute approximate surface area is 97.0 Å². The third-order valence-corrected chi connectivity index (χ3v) is 2.94. The second-order valence-corrected chi connectivity index (χ2v) is 3.98. The van der Waals surface area contributed by atoms with E-state index in [2.05, 4.69) is 0 Å². The van der Waals surface area contributed by atoms with Gasteiger partial charge in [-0.05, 0) is 24.0 Å². The molecular weight excluding hydrogens is 226 g/mol. The largest absolute Gasteiger partial charge is 0.490 e. The first kappa shape index (κ1) is 11.4. The van der Waals surface area contributed by atoms with Gasteiger partial charge in [-0.2, -0.15) is 0 Å². The van der Waals surface area contributed by atoms with Crippen molar-refractivity contribution >= 4 is 11.7 Å². The molecule has 0 bridgehead atoms. The number of carbonyl (C=O) groups is 1. The number of benzene rings is 1. The van der Waals surface area contributed by atoms with Crippen LogP contribution in [0, 0.1) is 16.0 Å². The molecule has 2 atom stereocenters. The Morgan fingerprint density at radius 1 is 1.59 bits per heavy atom. The van der Waals surface area contributed by atoms with E-state index in [9.17, 15) is 14.9 Å². The highest BCUT2D eigenvalue weighted by Gasteiger charge is 2.44. The van der Waals surface area contributed by atoms with Crippen molar-refractivity contribution in [2.24, 2.45) is 5.92 Å². The minimum absolute atomic E-state index is 0.114. The summed E-state index contributed by atoms with van der Waals surface area (Å²) in [6.07, 6.45) is 0.540. The number of nitro benzene ring substituents is 1. The van der Waals surface area contributed by atoms with Gasteiger partial charge in [0.15, 0.2) is 5.75 Å². The van der Waals surface area contributed by atoms with Gasteiger partial charge in [-0.1, -0.05) is 6.07 Å². The Balaban J connectivity index is 2.29. The Morgan fingerprint density at radius 2 is 2.29 bits per heavy atom. The van der Waals surface area contributed by atoms with Crippen LogP contribution in [0.5, 0.6) is 5.75 Å². The fourth-order valence-electron chi connectivity index (χ4n) is 1.92. The highest BCUT2D eigenvalue weighted by Crippen LogP contribution is 2.48. The van der Waals surface area contributed by atoms with Crippen molar-refractivity contribution in [3.63, 3.8) is 0 Å². The Hall–Kier alpha value is -2.11. The summed E-state index contributed by atoms with van der Waals surface area (Å²) >= 11 is 0. The molecule has 1 aliphatic rings. The second-order valence-electron chi connectivity index (χ2n) is 3.98. The molecule has 1 fully saturated rings. The van der Waals surface area contributed by atoms with E-state index in [-0.39, 0.29) is 17.4 Å². The molecule has 1 aromatic carbocycles. The van der Waals surface area contributed by atoms with Crippen molar-refractivity contribution in [2.45, 2.75) is 12.3 Å². The summed E-state index contributed by atoms with van der Waals surface area (Å²) in [6, 6.07) is 4.58. The number of aliphatic carboxylic acids is 1. The molecule has 17 heavy (non-hydrogen) atoms. The lowest BCUT2D eigenvalue weighted by molar-refractivity contribution is -0.385. The van der Waals surface area contributed by atoms with Gasteiger partial charge in [-0.15, -0.1) is 0 Å². The molecule has 1 N–H and O–H groups in total. The van der Waals surface area contributed by atoms with Crippen LogP contribution in [0.15, 0.2) is 18.2 Å². The van der Waals surface area contributed by atoms with Crippen molar-refractivity contribution in [3.8, 4) is 5.75 Å². The Bertz CT molecular complexity index is 485. The molecule has 0 aromatic heterocycles. The number of methoxy groups -OCH3 is 1. The lowest BCUT2D eigenvalue weighted by Crippen LogP contribution is -2.00. The van der Waals surface area contributed by atoms with Gasteiger partial charge in [-0.25, -0.2) is 0 Å². The predicted molar refractivity (Wildman–Crippen MR) is 58.1 cm³/mol. The number of carboxylic acid groups (broad SMARTS) is 1. The van der Waals surface area contributed by atoms with E-state index in [1.807, 2.05) is 0 Å². The van der Waals surface area contributed by atoms with E-state index in [4.69, 9.17) is 9.84 Å². The summed E-state index contributed by atoms with van der Waals surface area (Å²) in [6.45, 7) is 0.